The van der Waals surface area contributed by atoms with E-state index in [1.807, 2.05) is 24.3 Å². The van der Waals surface area contributed by atoms with Gasteiger partial charge in [0, 0.05) is 50.7 Å². The number of imidazole rings is 1. The summed E-state index contributed by atoms with van der Waals surface area (Å²) in [7, 11) is 1.60. The van der Waals surface area contributed by atoms with Crippen molar-refractivity contribution in [1.29, 1.82) is 0 Å². The molecule has 0 atom stereocenters. The van der Waals surface area contributed by atoms with E-state index in [9.17, 15) is 4.79 Å². The van der Waals surface area contributed by atoms with Crippen LogP contribution in [-0.4, -0.2) is 95.3 Å². The van der Waals surface area contributed by atoms with Crippen LogP contribution in [-0.2, 0) is 4.74 Å². The number of benzene rings is 1. The fraction of sp³-hybridized carbons (Fsp3) is 0.423. The minimum atomic E-state index is -0.178. The normalized spacial score (nSPS) is 16.0. The molecule has 2 saturated heterocycles. The van der Waals surface area contributed by atoms with Gasteiger partial charge in [0.15, 0.2) is 11.5 Å². The molecule has 0 bridgehead atoms. The predicted molar refractivity (Wildman–Crippen MR) is 141 cm³/mol. The fourth-order valence-corrected chi connectivity index (χ4v) is 4.59. The van der Waals surface area contributed by atoms with Gasteiger partial charge in [-0.1, -0.05) is 12.1 Å². The Morgan fingerprint density at radius 2 is 1.92 bits per heavy atom. The third-order valence-electron chi connectivity index (χ3n) is 6.56. The fourth-order valence-electron chi connectivity index (χ4n) is 4.59. The molecule has 11 heteroatoms. The number of H-pyrrole nitrogens is 1. The molecule has 0 radical (unpaired) electrons. The lowest BCUT2D eigenvalue weighted by Gasteiger charge is -2.26. The number of fused-ring (bicyclic) bond motifs is 2. The first-order chi connectivity index (χ1) is 18.2. The van der Waals surface area contributed by atoms with Crippen molar-refractivity contribution in [2.75, 3.05) is 64.5 Å². The van der Waals surface area contributed by atoms with Crippen LogP contribution >= 0.6 is 0 Å². The second-order valence-electron chi connectivity index (χ2n) is 8.93. The molecule has 0 spiro atoms. The molecule has 2 fully saturated rings. The van der Waals surface area contributed by atoms with Gasteiger partial charge in [0.05, 0.1) is 32.2 Å². The van der Waals surface area contributed by atoms with E-state index >= 15 is 0 Å². The van der Waals surface area contributed by atoms with E-state index < -0.39 is 0 Å². The van der Waals surface area contributed by atoms with Crippen LogP contribution in [0.1, 0.15) is 23.3 Å². The number of methoxy groups -OCH3 is 1. The Kier molecular flexibility index (Phi) is 8.02. The molecule has 2 aliphatic rings. The number of aromatic amines is 1. The van der Waals surface area contributed by atoms with Crippen molar-refractivity contribution in [3.05, 3.63) is 48.7 Å². The van der Waals surface area contributed by atoms with Crippen LogP contribution < -0.4 is 15.0 Å². The summed E-state index contributed by atoms with van der Waals surface area (Å²) in [4.78, 5) is 36.9. The summed E-state index contributed by atoms with van der Waals surface area (Å²) < 4.78 is 10.7. The number of aromatic nitrogens is 5. The SMILES string of the molecule is COc1cc(C(=O)NCCN2CCOCC2)nc2ccccc12.c1nc(N2CCCC2)c2[nH]cnc2n1. The van der Waals surface area contributed by atoms with Gasteiger partial charge in [-0.15, -0.1) is 0 Å². The van der Waals surface area contributed by atoms with Gasteiger partial charge in [0.2, 0.25) is 0 Å². The molecule has 0 aliphatic carbocycles. The number of pyridine rings is 1. The number of rotatable bonds is 6. The number of carbonyl (C=O) groups excluding carboxylic acids is 1. The molecule has 3 aromatic heterocycles. The van der Waals surface area contributed by atoms with Gasteiger partial charge in [0.1, 0.15) is 23.3 Å². The van der Waals surface area contributed by atoms with E-state index in [0.29, 0.717) is 18.0 Å². The average Bonchev–Trinajstić information content (AvgIpc) is 3.66. The Hall–Kier alpha value is -3.83. The Labute approximate surface area is 215 Å². The summed E-state index contributed by atoms with van der Waals surface area (Å²) >= 11 is 0. The van der Waals surface area contributed by atoms with E-state index in [-0.39, 0.29) is 5.91 Å². The van der Waals surface area contributed by atoms with Gasteiger partial charge < -0.3 is 24.7 Å². The zero-order valence-electron chi connectivity index (χ0n) is 21.0. The maximum atomic E-state index is 12.3. The molecule has 5 heterocycles. The smallest absolute Gasteiger partial charge is 0.270 e. The van der Waals surface area contributed by atoms with Crippen molar-refractivity contribution in [3.63, 3.8) is 0 Å². The zero-order valence-corrected chi connectivity index (χ0v) is 21.0. The van der Waals surface area contributed by atoms with Crippen LogP contribution in [0.2, 0.25) is 0 Å². The minimum Gasteiger partial charge on any atom is -0.496 e. The maximum Gasteiger partial charge on any atom is 0.270 e. The number of para-hydroxylation sites is 1. The molecule has 11 nitrogen and oxygen atoms in total. The second-order valence-corrected chi connectivity index (χ2v) is 8.93. The van der Waals surface area contributed by atoms with Gasteiger partial charge in [0.25, 0.3) is 5.91 Å². The molecule has 2 aliphatic heterocycles. The average molecular weight is 505 g/mol. The molecule has 2 N–H and O–H groups in total. The van der Waals surface area contributed by atoms with Gasteiger partial charge in [-0.25, -0.2) is 19.9 Å². The number of anilines is 1. The lowest BCUT2D eigenvalue weighted by Crippen LogP contribution is -2.41. The standard InChI is InChI=1S/C17H21N3O3.C9H11N5/c1-22-16-12-15(19-14-5-3-2-4-13(14)16)17(21)18-6-7-20-8-10-23-11-9-20;1-2-4-14(3-1)9-7-8(11-5-10-7)12-6-13-9/h2-5,12H,6-11H2,1H3,(H,18,21);5-6H,1-4H2,(H,10,11,12,13). The Bertz CT molecular complexity index is 1330. The number of hydrogen-bond acceptors (Lipinski definition) is 9. The molecule has 1 amide bonds. The van der Waals surface area contributed by atoms with Gasteiger partial charge in [-0.05, 0) is 25.0 Å². The Morgan fingerprint density at radius 3 is 2.73 bits per heavy atom. The summed E-state index contributed by atoms with van der Waals surface area (Å²) in [5, 5.41) is 3.83. The zero-order chi connectivity index (χ0) is 25.5. The number of ether oxygens (including phenoxy) is 2. The van der Waals surface area contributed by atoms with Gasteiger partial charge in [-0.2, -0.15) is 0 Å². The first-order valence-corrected chi connectivity index (χ1v) is 12.6. The van der Waals surface area contributed by atoms with Gasteiger partial charge in [-0.3, -0.25) is 9.69 Å². The highest BCUT2D eigenvalue weighted by molar-refractivity contribution is 5.97. The number of carbonyl (C=O) groups is 1. The van der Waals surface area contributed by atoms with Crippen LogP contribution in [0.3, 0.4) is 0 Å². The summed E-state index contributed by atoms with van der Waals surface area (Å²) in [6.45, 7) is 6.94. The van der Waals surface area contributed by atoms with Crippen LogP contribution in [0.15, 0.2) is 43.0 Å². The third-order valence-corrected chi connectivity index (χ3v) is 6.56. The van der Waals surface area contributed by atoms with E-state index in [1.165, 1.54) is 12.8 Å². The summed E-state index contributed by atoms with van der Waals surface area (Å²) in [5.41, 5.74) is 2.84. The summed E-state index contributed by atoms with van der Waals surface area (Å²) in [5.74, 6) is 1.47. The van der Waals surface area contributed by atoms with Gasteiger partial charge >= 0.3 is 0 Å². The summed E-state index contributed by atoms with van der Waals surface area (Å²) in [6.07, 6.45) is 5.75. The highest BCUT2D eigenvalue weighted by Crippen LogP contribution is 2.25. The first-order valence-electron chi connectivity index (χ1n) is 12.6. The van der Waals surface area contributed by atoms with Crippen molar-refractivity contribution in [3.8, 4) is 5.75 Å². The molecular weight excluding hydrogens is 472 g/mol. The summed E-state index contributed by atoms with van der Waals surface area (Å²) in [6, 6.07) is 9.32. The molecule has 0 saturated carbocycles. The molecule has 194 valence electrons. The van der Waals surface area contributed by atoms with Crippen molar-refractivity contribution in [1.82, 2.24) is 35.1 Å². The molecule has 0 unspecified atom stereocenters. The molecule has 4 aromatic rings. The highest BCUT2D eigenvalue weighted by atomic mass is 16.5. The maximum absolute atomic E-state index is 12.3. The topological polar surface area (TPSA) is 121 Å². The van der Waals surface area contributed by atoms with Crippen molar-refractivity contribution in [2.24, 2.45) is 0 Å². The number of hydrogen-bond donors (Lipinski definition) is 2. The number of morpholine rings is 1. The molecular formula is C26H32N8O3. The molecule has 37 heavy (non-hydrogen) atoms. The first kappa shape index (κ1) is 24.8. The van der Waals surface area contributed by atoms with Crippen LogP contribution in [0, 0.1) is 0 Å². The van der Waals surface area contributed by atoms with Crippen LogP contribution in [0.25, 0.3) is 22.1 Å². The molecule has 6 rings (SSSR count). The number of nitrogens with zero attached hydrogens (tertiary/aromatic N) is 6. The van der Waals surface area contributed by atoms with E-state index in [1.54, 1.807) is 25.8 Å². The monoisotopic (exact) mass is 504 g/mol. The number of nitrogens with one attached hydrogen (secondary N) is 2. The van der Waals surface area contributed by atoms with E-state index in [2.05, 4.69) is 40.0 Å². The minimum absolute atomic E-state index is 0.178. The Balaban J connectivity index is 0.000000170. The number of amides is 1. The third kappa shape index (κ3) is 5.95. The van der Waals surface area contributed by atoms with Crippen LogP contribution in [0.5, 0.6) is 5.75 Å². The lowest BCUT2D eigenvalue weighted by atomic mass is 10.1. The Morgan fingerprint density at radius 1 is 1.11 bits per heavy atom. The highest BCUT2D eigenvalue weighted by Gasteiger charge is 2.17. The lowest BCUT2D eigenvalue weighted by molar-refractivity contribution is 0.0383. The predicted octanol–water partition coefficient (Wildman–Crippen LogP) is 2.26. The second kappa shape index (κ2) is 11.9. The molecule has 1 aromatic carbocycles. The van der Waals surface area contributed by atoms with Crippen LogP contribution in [0.4, 0.5) is 5.82 Å². The van der Waals surface area contributed by atoms with Crippen molar-refractivity contribution < 1.29 is 14.3 Å². The van der Waals surface area contributed by atoms with E-state index in [0.717, 1.165) is 73.8 Å². The largest absolute Gasteiger partial charge is 0.496 e. The van der Waals surface area contributed by atoms with E-state index in [4.69, 9.17) is 9.47 Å². The van der Waals surface area contributed by atoms with Crippen molar-refractivity contribution in [2.45, 2.75) is 12.8 Å². The quantitative estimate of drug-likeness (QED) is 0.407. The van der Waals surface area contributed by atoms with Crippen molar-refractivity contribution >= 4 is 33.8 Å².